The lowest BCUT2D eigenvalue weighted by Crippen LogP contribution is -2.13. The molecule has 0 radical (unpaired) electrons. The first-order chi connectivity index (χ1) is 8.27. The van der Waals surface area contributed by atoms with E-state index in [4.69, 9.17) is 0 Å². The highest BCUT2D eigenvalue weighted by Gasteiger charge is 2.42. The van der Waals surface area contributed by atoms with Crippen molar-refractivity contribution in [3.63, 3.8) is 0 Å². The molecule has 2 atom stereocenters. The largest absolute Gasteiger partial charge is 0.0990 e. The number of fused-ring (bicyclic) bond motifs is 2. The van der Waals surface area contributed by atoms with Crippen LogP contribution in [0.5, 0.6) is 0 Å². The van der Waals surface area contributed by atoms with Crippen LogP contribution in [0.25, 0.3) is 0 Å². The second-order valence-corrected chi connectivity index (χ2v) is 6.16. The van der Waals surface area contributed by atoms with Gasteiger partial charge in [-0.1, -0.05) is 76.2 Å². The monoisotopic (exact) mass is 232 g/mol. The molecule has 2 unspecified atom stereocenters. The highest BCUT2D eigenvalue weighted by molar-refractivity contribution is 5.32. The molecule has 0 aromatic heterocycles. The molecular formula is C17H28. The number of rotatable bonds is 8. The third-order valence-corrected chi connectivity index (χ3v) is 4.75. The number of allylic oxidation sites excluding steroid dienone is 3. The third-order valence-electron chi connectivity index (χ3n) is 4.75. The van der Waals surface area contributed by atoms with E-state index in [2.05, 4.69) is 25.7 Å². The van der Waals surface area contributed by atoms with Gasteiger partial charge in [0.1, 0.15) is 0 Å². The quantitative estimate of drug-likeness (QED) is 0.375. The molecule has 0 heterocycles. The van der Waals surface area contributed by atoms with Crippen LogP contribution in [0.1, 0.15) is 71.1 Å². The molecule has 2 aliphatic rings. The molecule has 1 saturated carbocycles. The molecule has 0 N–H and O–H groups in total. The van der Waals surface area contributed by atoms with E-state index >= 15 is 0 Å². The molecule has 2 aliphatic carbocycles. The highest BCUT2D eigenvalue weighted by atomic mass is 14.5. The molecule has 2 rings (SSSR count). The SMILES string of the molecule is C=C1CC2C=CC1(CCCCCCCCC)C2. The van der Waals surface area contributed by atoms with Gasteiger partial charge in [-0.25, -0.2) is 0 Å². The van der Waals surface area contributed by atoms with Crippen LogP contribution in [0.15, 0.2) is 24.3 Å². The van der Waals surface area contributed by atoms with Crippen molar-refractivity contribution in [2.24, 2.45) is 11.3 Å². The zero-order valence-corrected chi connectivity index (χ0v) is 11.5. The average Bonchev–Trinajstić information content (AvgIpc) is 2.85. The van der Waals surface area contributed by atoms with Gasteiger partial charge in [0, 0.05) is 5.41 Å². The van der Waals surface area contributed by atoms with Crippen molar-refractivity contribution in [1.82, 2.24) is 0 Å². The molecule has 0 aromatic rings. The smallest absolute Gasteiger partial charge is 0.00940 e. The number of unbranched alkanes of at least 4 members (excludes halogenated alkanes) is 6. The molecule has 0 saturated heterocycles. The van der Waals surface area contributed by atoms with Gasteiger partial charge in [-0.2, -0.15) is 0 Å². The summed E-state index contributed by atoms with van der Waals surface area (Å²) in [6, 6.07) is 0. The summed E-state index contributed by atoms with van der Waals surface area (Å²) < 4.78 is 0. The molecule has 0 nitrogen and oxygen atoms in total. The van der Waals surface area contributed by atoms with E-state index in [0.717, 1.165) is 5.92 Å². The Hall–Kier alpha value is -0.520. The first-order valence-corrected chi connectivity index (χ1v) is 7.64. The standard InChI is InChI=1S/C17H28/c1-3-4-5-6-7-8-9-11-17-12-10-16(14-17)13-15(17)2/h10,12,16H,2-9,11,13-14H2,1H3. The van der Waals surface area contributed by atoms with Crippen LogP contribution in [0.4, 0.5) is 0 Å². The predicted octanol–water partition coefficient (Wildman–Crippen LogP) is 5.65. The number of hydrogen-bond donors (Lipinski definition) is 0. The van der Waals surface area contributed by atoms with Crippen LogP contribution in [-0.2, 0) is 0 Å². The maximum absolute atomic E-state index is 4.30. The van der Waals surface area contributed by atoms with Crippen LogP contribution in [0, 0.1) is 11.3 Å². The first-order valence-electron chi connectivity index (χ1n) is 7.64. The molecule has 17 heavy (non-hydrogen) atoms. The molecule has 0 aliphatic heterocycles. The van der Waals surface area contributed by atoms with Crippen molar-refractivity contribution >= 4 is 0 Å². The van der Waals surface area contributed by atoms with Crippen LogP contribution >= 0.6 is 0 Å². The van der Waals surface area contributed by atoms with Gasteiger partial charge in [-0.05, 0) is 25.2 Å². The molecule has 0 aromatic carbocycles. The van der Waals surface area contributed by atoms with Gasteiger partial charge in [0.25, 0.3) is 0 Å². The lowest BCUT2D eigenvalue weighted by molar-refractivity contribution is 0.410. The van der Waals surface area contributed by atoms with Crippen molar-refractivity contribution in [2.45, 2.75) is 71.1 Å². The topological polar surface area (TPSA) is 0 Å². The predicted molar refractivity (Wildman–Crippen MR) is 76.0 cm³/mol. The Morgan fingerprint density at radius 1 is 1.18 bits per heavy atom. The molecular weight excluding hydrogens is 204 g/mol. The van der Waals surface area contributed by atoms with Gasteiger partial charge in [0.15, 0.2) is 0 Å². The molecule has 0 amide bonds. The molecule has 0 spiro atoms. The fraction of sp³-hybridized carbons (Fsp3) is 0.765. The zero-order valence-electron chi connectivity index (χ0n) is 11.5. The van der Waals surface area contributed by atoms with E-state index in [0.29, 0.717) is 5.41 Å². The van der Waals surface area contributed by atoms with E-state index in [-0.39, 0.29) is 0 Å². The first kappa shape index (κ1) is 12.9. The van der Waals surface area contributed by atoms with Gasteiger partial charge >= 0.3 is 0 Å². The van der Waals surface area contributed by atoms with E-state index in [1.807, 2.05) is 0 Å². The van der Waals surface area contributed by atoms with E-state index in [1.165, 1.54) is 69.8 Å². The Bertz CT molecular complexity index is 286. The van der Waals surface area contributed by atoms with Crippen molar-refractivity contribution in [1.29, 1.82) is 0 Å². The molecule has 0 heteroatoms. The normalized spacial score (nSPS) is 30.4. The Labute approximate surface area is 107 Å². The summed E-state index contributed by atoms with van der Waals surface area (Å²) in [6.07, 6.45) is 18.9. The van der Waals surface area contributed by atoms with E-state index in [9.17, 15) is 0 Å². The van der Waals surface area contributed by atoms with Crippen LogP contribution in [-0.4, -0.2) is 0 Å². The number of hydrogen-bond acceptors (Lipinski definition) is 0. The average molecular weight is 232 g/mol. The van der Waals surface area contributed by atoms with E-state index in [1.54, 1.807) is 0 Å². The van der Waals surface area contributed by atoms with Gasteiger partial charge in [-0.3, -0.25) is 0 Å². The Kier molecular flexibility index (Phi) is 4.48. The minimum absolute atomic E-state index is 0.439. The Balaban J connectivity index is 1.59. The maximum Gasteiger partial charge on any atom is 0.00940 e. The summed E-state index contributed by atoms with van der Waals surface area (Å²) in [7, 11) is 0. The van der Waals surface area contributed by atoms with Crippen molar-refractivity contribution in [2.75, 3.05) is 0 Å². The summed E-state index contributed by atoms with van der Waals surface area (Å²) in [5.41, 5.74) is 1.96. The summed E-state index contributed by atoms with van der Waals surface area (Å²) >= 11 is 0. The third kappa shape index (κ3) is 3.03. The fourth-order valence-electron chi connectivity index (χ4n) is 3.61. The Morgan fingerprint density at radius 2 is 1.88 bits per heavy atom. The summed E-state index contributed by atoms with van der Waals surface area (Å²) in [4.78, 5) is 0. The summed E-state index contributed by atoms with van der Waals surface area (Å²) in [5, 5.41) is 0. The molecule has 2 bridgehead atoms. The lowest BCUT2D eigenvalue weighted by atomic mass is 9.79. The van der Waals surface area contributed by atoms with Gasteiger partial charge in [0.2, 0.25) is 0 Å². The van der Waals surface area contributed by atoms with Crippen molar-refractivity contribution in [3.05, 3.63) is 24.3 Å². The van der Waals surface area contributed by atoms with Gasteiger partial charge < -0.3 is 0 Å². The summed E-state index contributed by atoms with van der Waals surface area (Å²) in [5.74, 6) is 0.840. The van der Waals surface area contributed by atoms with Gasteiger partial charge in [0.05, 0.1) is 0 Å². The van der Waals surface area contributed by atoms with Gasteiger partial charge in [-0.15, -0.1) is 0 Å². The highest BCUT2D eigenvalue weighted by Crippen LogP contribution is 2.54. The fourth-order valence-corrected chi connectivity index (χ4v) is 3.61. The second kappa shape index (κ2) is 5.89. The zero-order chi connectivity index (χ0) is 12.1. The van der Waals surface area contributed by atoms with Crippen LogP contribution < -0.4 is 0 Å². The second-order valence-electron chi connectivity index (χ2n) is 6.16. The molecule has 96 valence electrons. The van der Waals surface area contributed by atoms with Crippen LogP contribution in [0.3, 0.4) is 0 Å². The summed E-state index contributed by atoms with van der Waals surface area (Å²) in [6.45, 7) is 6.58. The minimum atomic E-state index is 0.439. The molecule has 1 fully saturated rings. The van der Waals surface area contributed by atoms with Crippen molar-refractivity contribution in [3.8, 4) is 0 Å². The Morgan fingerprint density at radius 3 is 2.47 bits per heavy atom. The minimum Gasteiger partial charge on any atom is -0.0990 e. The maximum atomic E-state index is 4.30. The van der Waals surface area contributed by atoms with Crippen LogP contribution in [0.2, 0.25) is 0 Å². The van der Waals surface area contributed by atoms with Crippen molar-refractivity contribution < 1.29 is 0 Å². The van der Waals surface area contributed by atoms with E-state index < -0.39 is 0 Å². The lowest BCUT2D eigenvalue weighted by Gasteiger charge is -2.25.